The number of amides is 3. The van der Waals surface area contributed by atoms with Gasteiger partial charge in [-0.3, -0.25) is 0 Å². The fourth-order valence-electron chi connectivity index (χ4n) is 3.04. The standard InChI is InChI=1S/C21H33N3O4/c1-5-27-20(26)24-13-10-17(11-14-24)23-19(25)22-12-15-28-18-8-6-16(7-9-18)21(2,3)4/h6-9,17H,5,10-15H2,1-4H3,(H2,22,23,25). The van der Waals surface area contributed by atoms with Crippen molar-refractivity contribution in [1.82, 2.24) is 15.5 Å². The summed E-state index contributed by atoms with van der Waals surface area (Å²) in [4.78, 5) is 25.4. The van der Waals surface area contributed by atoms with Gasteiger partial charge in [-0.15, -0.1) is 0 Å². The van der Waals surface area contributed by atoms with Crippen molar-refractivity contribution in [1.29, 1.82) is 0 Å². The number of hydrogen-bond donors (Lipinski definition) is 2. The Balaban J connectivity index is 1.61. The minimum Gasteiger partial charge on any atom is -0.492 e. The summed E-state index contributed by atoms with van der Waals surface area (Å²) in [5, 5.41) is 5.76. The molecule has 1 aliphatic rings. The van der Waals surface area contributed by atoms with Crippen LogP contribution < -0.4 is 15.4 Å². The van der Waals surface area contributed by atoms with E-state index in [1.807, 2.05) is 12.1 Å². The van der Waals surface area contributed by atoms with Crippen molar-refractivity contribution >= 4 is 12.1 Å². The highest BCUT2D eigenvalue weighted by Crippen LogP contribution is 2.24. The van der Waals surface area contributed by atoms with Gasteiger partial charge in [-0.05, 0) is 42.9 Å². The molecule has 0 radical (unpaired) electrons. The first-order chi connectivity index (χ1) is 13.3. The van der Waals surface area contributed by atoms with Gasteiger partial charge in [0.25, 0.3) is 0 Å². The molecule has 0 spiro atoms. The summed E-state index contributed by atoms with van der Waals surface area (Å²) in [5.41, 5.74) is 1.37. The number of rotatable bonds is 6. The van der Waals surface area contributed by atoms with Crippen LogP contribution in [-0.4, -0.2) is 55.9 Å². The number of benzene rings is 1. The van der Waals surface area contributed by atoms with E-state index >= 15 is 0 Å². The summed E-state index contributed by atoms with van der Waals surface area (Å²) >= 11 is 0. The molecule has 28 heavy (non-hydrogen) atoms. The maximum atomic E-state index is 12.0. The molecule has 0 bridgehead atoms. The molecule has 7 heteroatoms. The minimum atomic E-state index is -0.280. The second-order valence-corrected chi connectivity index (χ2v) is 7.98. The number of likely N-dealkylation sites (tertiary alicyclic amines) is 1. The predicted molar refractivity (Wildman–Crippen MR) is 109 cm³/mol. The Kier molecular flexibility index (Phi) is 7.96. The zero-order valence-corrected chi connectivity index (χ0v) is 17.4. The Labute approximate surface area is 167 Å². The molecule has 2 N–H and O–H groups in total. The van der Waals surface area contributed by atoms with Crippen LogP contribution in [0.4, 0.5) is 9.59 Å². The van der Waals surface area contributed by atoms with Crippen molar-refractivity contribution < 1.29 is 19.1 Å². The summed E-state index contributed by atoms with van der Waals surface area (Å²) in [5.74, 6) is 0.793. The lowest BCUT2D eigenvalue weighted by atomic mass is 9.87. The van der Waals surface area contributed by atoms with Crippen LogP contribution in [0.25, 0.3) is 0 Å². The molecule has 1 aromatic rings. The van der Waals surface area contributed by atoms with E-state index in [1.165, 1.54) is 5.56 Å². The average molecular weight is 392 g/mol. The molecule has 1 heterocycles. The van der Waals surface area contributed by atoms with E-state index in [0.717, 1.165) is 18.6 Å². The Hall–Kier alpha value is -2.44. The van der Waals surface area contributed by atoms with Gasteiger partial charge in [0.05, 0.1) is 13.2 Å². The fourth-order valence-corrected chi connectivity index (χ4v) is 3.04. The number of hydrogen-bond acceptors (Lipinski definition) is 4. The highest BCUT2D eigenvalue weighted by molar-refractivity contribution is 5.74. The van der Waals surface area contributed by atoms with Crippen molar-refractivity contribution in [2.24, 2.45) is 0 Å². The first-order valence-electron chi connectivity index (χ1n) is 9.99. The number of ether oxygens (including phenoxy) is 2. The van der Waals surface area contributed by atoms with Crippen LogP contribution in [0.2, 0.25) is 0 Å². The van der Waals surface area contributed by atoms with Gasteiger partial charge in [0, 0.05) is 19.1 Å². The summed E-state index contributed by atoms with van der Waals surface area (Å²) < 4.78 is 10.7. The molecule has 3 amide bonds. The molecule has 0 saturated carbocycles. The van der Waals surface area contributed by atoms with Gasteiger partial charge in [-0.2, -0.15) is 0 Å². The van der Waals surface area contributed by atoms with Gasteiger partial charge in [-0.1, -0.05) is 32.9 Å². The van der Waals surface area contributed by atoms with Gasteiger partial charge < -0.3 is 25.0 Å². The molecule has 156 valence electrons. The molecule has 1 aliphatic heterocycles. The normalized spacial score (nSPS) is 15.1. The lowest BCUT2D eigenvalue weighted by Gasteiger charge is -2.31. The summed E-state index contributed by atoms with van der Waals surface area (Å²) in [6.07, 6.45) is 1.17. The SMILES string of the molecule is CCOC(=O)N1CCC(NC(=O)NCCOc2ccc(C(C)(C)C)cc2)CC1. The molecule has 0 aromatic heterocycles. The molecular weight excluding hydrogens is 358 g/mol. The van der Waals surface area contributed by atoms with E-state index in [1.54, 1.807) is 11.8 Å². The highest BCUT2D eigenvalue weighted by Gasteiger charge is 2.24. The topological polar surface area (TPSA) is 79.9 Å². The van der Waals surface area contributed by atoms with Crippen molar-refractivity contribution in [2.45, 2.75) is 52.0 Å². The summed E-state index contributed by atoms with van der Waals surface area (Å²) in [6.45, 7) is 10.7. The molecule has 0 aliphatic carbocycles. The average Bonchev–Trinajstić information content (AvgIpc) is 2.66. The number of piperidine rings is 1. The second kappa shape index (κ2) is 10.2. The second-order valence-electron chi connectivity index (χ2n) is 7.98. The zero-order valence-electron chi connectivity index (χ0n) is 17.4. The Morgan fingerprint density at radius 2 is 1.79 bits per heavy atom. The number of nitrogens with zero attached hydrogens (tertiary/aromatic N) is 1. The molecule has 1 fully saturated rings. The summed E-state index contributed by atoms with van der Waals surface area (Å²) in [7, 11) is 0. The third-order valence-electron chi connectivity index (χ3n) is 4.73. The third-order valence-corrected chi connectivity index (χ3v) is 4.73. The van der Waals surface area contributed by atoms with Crippen molar-refractivity contribution in [3.8, 4) is 5.75 Å². The van der Waals surface area contributed by atoms with Gasteiger partial charge in [0.2, 0.25) is 0 Å². The first kappa shape index (κ1) is 21.9. The lowest BCUT2D eigenvalue weighted by Crippen LogP contribution is -2.49. The Morgan fingerprint density at radius 3 is 2.36 bits per heavy atom. The lowest BCUT2D eigenvalue weighted by molar-refractivity contribution is 0.0957. The largest absolute Gasteiger partial charge is 0.492 e. The molecule has 1 saturated heterocycles. The van der Waals surface area contributed by atoms with Crippen LogP contribution >= 0.6 is 0 Å². The summed E-state index contributed by atoms with van der Waals surface area (Å²) in [6, 6.07) is 7.91. The van der Waals surface area contributed by atoms with Crippen LogP contribution in [0, 0.1) is 0 Å². The van der Waals surface area contributed by atoms with E-state index in [4.69, 9.17) is 9.47 Å². The van der Waals surface area contributed by atoms with Crippen LogP contribution in [0.1, 0.15) is 46.1 Å². The smallest absolute Gasteiger partial charge is 0.409 e. The molecular formula is C21H33N3O4. The van der Waals surface area contributed by atoms with Gasteiger partial charge in [0.1, 0.15) is 12.4 Å². The molecule has 7 nitrogen and oxygen atoms in total. The van der Waals surface area contributed by atoms with E-state index in [0.29, 0.717) is 32.8 Å². The number of carbonyl (C=O) groups excluding carboxylic acids is 2. The Morgan fingerprint density at radius 1 is 1.14 bits per heavy atom. The fraction of sp³-hybridized carbons (Fsp3) is 0.619. The molecule has 0 unspecified atom stereocenters. The van der Waals surface area contributed by atoms with E-state index in [-0.39, 0.29) is 23.6 Å². The quantitative estimate of drug-likeness (QED) is 0.730. The first-order valence-corrected chi connectivity index (χ1v) is 9.99. The Bertz CT molecular complexity index is 632. The number of carbonyl (C=O) groups is 2. The van der Waals surface area contributed by atoms with Gasteiger partial charge in [-0.25, -0.2) is 9.59 Å². The van der Waals surface area contributed by atoms with E-state index in [2.05, 4.69) is 43.5 Å². The molecule has 2 rings (SSSR count). The minimum absolute atomic E-state index is 0.0662. The van der Waals surface area contributed by atoms with Crippen LogP contribution in [0.15, 0.2) is 24.3 Å². The van der Waals surface area contributed by atoms with E-state index in [9.17, 15) is 9.59 Å². The van der Waals surface area contributed by atoms with Gasteiger partial charge >= 0.3 is 12.1 Å². The molecule has 1 aromatic carbocycles. The van der Waals surface area contributed by atoms with Crippen LogP contribution in [0.5, 0.6) is 5.75 Å². The van der Waals surface area contributed by atoms with Crippen molar-refractivity contribution in [3.63, 3.8) is 0 Å². The van der Waals surface area contributed by atoms with Crippen LogP contribution in [0.3, 0.4) is 0 Å². The van der Waals surface area contributed by atoms with Crippen LogP contribution in [-0.2, 0) is 10.2 Å². The number of urea groups is 1. The zero-order chi connectivity index (χ0) is 20.6. The highest BCUT2D eigenvalue weighted by atomic mass is 16.6. The van der Waals surface area contributed by atoms with Gasteiger partial charge in [0.15, 0.2) is 0 Å². The monoisotopic (exact) mass is 391 g/mol. The van der Waals surface area contributed by atoms with E-state index < -0.39 is 0 Å². The maximum absolute atomic E-state index is 12.0. The number of nitrogens with one attached hydrogen (secondary N) is 2. The predicted octanol–water partition coefficient (Wildman–Crippen LogP) is 3.28. The van der Waals surface area contributed by atoms with Crippen molar-refractivity contribution in [3.05, 3.63) is 29.8 Å². The van der Waals surface area contributed by atoms with Crippen molar-refractivity contribution in [2.75, 3.05) is 32.8 Å². The molecule has 0 atom stereocenters. The maximum Gasteiger partial charge on any atom is 0.409 e. The third kappa shape index (κ3) is 6.94.